The topological polar surface area (TPSA) is 69.6 Å². The minimum absolute atomic E-state index is 0.0169. The van der Waals surface area contributed by atoms with Crippen LogP contribution in [0, 0.1) is 23.7 Å². The van der Waals surface area contributed by atoms with Crippen molar-refractivity contribution in [2.24, 2.45) is 23.7 Å². The van der Waals surface area contributed by atoms with Crippen LogP contribution in [0.2, 0.25) is 0 Å². The number of rotatable bonds is 2. The number of fused-ring (bicyclic) bond motifs is 3. The second kappa shape index (κ2) is 5.87. The maximum Gasteiger partial charge on any atom is 0.394 e. The molecule has 130 valence electrons. The highest BCUT2D eigenvalue weighted by atomic mass is 19.4. The quantitative estimate of drug-likeness (QED) is 0.815. The Morgan fingerprint density at radius 1 is 1.09 bits per heavy atom. The number of carbonyl (C=O) groups excluding carboxylic acids is 1. The molecule has 3 saturated carbocycles. The molecule has 0 aromatic rings. The minimum Gasteiger partial charge on any atom is -0.481 e. The molecule has 1 aliphatic heterocycles. The summed E-state index contributed by atoms with van der Waals surface area (Å²) in [6, 6.07) is -0.538. The number of hydrogen-bond donors (Lipinski definition) is 2. The number of urea groups is 1. The van der Waals surface area contributed by atoms with E-state index < -0.39 is 36.6 Å². The number of nitrogens with one attached hydrogen (secondary N) is 1. The summed E-state index contributed by atoms with van der Waals surface area (Å²) in [6.07, 6.45) is 0.713. The SMILES string of the molecule is O=C(O)[C@@H]1CN(C(=O)NC2CC3CCC2CC3)C[C@H]1C(F)(F)F. The number of amides is 2. The first-order valence-electron chi connectivity index (χ1n) is 8.10. The largest absolute Gasteiger partial charge is 0.481 e. The van der Waals surface area contributed by atoms with Gasteiger partial charge >= 0.3 is 18.2 Å². The van der Waals surface area contributed by atoms with Gasteiger partial charge in [0.2, 0.25) is 0 Å². The third-order valence-electron chi connectivity index (χ3n) is 5.70. The molecule has 0 spiro atoms. The summed E-state index contributed by atoms with van der Waals surface area (Å²) in [5, 5.41) is 11.8. The number of carboxylic acid groups (broad SMARTS) is 1. The molecule has 0 aromatic heterocycles. The molecule has 3 aliphatic carbocycles. The Kier molecular flexibility index (Phi) is 4.18. The van der Waals surface area contributed by atoms with Gasteiger partial charge in [0.25, 0.3) is 0 Å². The van der Waals surface area contributed by atoms with Crippen molar-refractivity contribution in [2.75, 3.05) is 13.1 Å². The maximum absolute atomic E-state index is 13.0. The molecule has 2 N–H and O–H groups in total. The Morgan fingerprint density at radius 2 is 1.74 bits per heavy atom. The van der Waals surface area contributed by atoms with Crippen LogP contribution in [0.25, 0.3) is 0 Å². The van der Waals surface area contributed by atoms with Crippen LogP contribution in [0.5, 0.6) is 0 Å². The summed E-state index contributed by atoms with van der Waals surface area (Å²) in [7, 11) is 0. The van der Waals surface area contributed by atoms with Gasteiger partial charge in [0.05, 0.1) is 11.8 Å². The first kappa shape index (κ1) is 16.4. The molecule has 1 heterocycles. The van der Waals surface area contributed by atoms with Crippen LogP contribution >= 0.6 is 0 Å². The van der Waals surface area contributed by atoms with E-state index in [2.05, 4.69) is 5.32 Å². The molecule has 1 unspecified atom stereocenters. The van der Waals surface area contributed by atoms with E-state index >= 15 is 0 Å². The van der Waals surface area contributed by atoms with Gasteiger partial charge in [0, 0.05) is 19.1 Å². The van der Waals surface area contributed by atoms with Gasteiger partial charge in [-0.15, -0.1) is 0 Å². The Labute approximate surface area is 132 Å². The molecule has 1 saturated heterocycles. The predicted molar refractivity (Wildman–Crippen MR) is 74.6 cm³/mol. The molecule has 8 heteroatoms. The predicted octanol–water partition coefficient (Wildman–Crippen LogP) is 2.47. The summed E-state index contributed by atoms with van der Waals surface area (Å²) >= 11 is 0. The zero-order chi connectivity index (χ0) is 16.8. The molecule has 4 aliphatic rings. The summed E-state index contributed by atoms with van der Waals surface area (Å²) in [6.45, 7) is -0.959. The van der Waals surface area contributed by atoms with E-state index in [0.29, 0.717) is 11.8 Å². The average molecular weight is 334 g/mol. The molecule has 2 amide bonds. The Bertz CT molecular complexity index is 489. The van der Waals surface area contributed by atoms with Gasteiger partial charge in [-0.3, -0.25) is 4.79 Å². The van der Waals surface area contributed by atoms with Crippen LogP contribution < -0.4 is 5.32 Å². The van der Waals surface area contributed by atoms with E-state index in [-0.39, 0.29) is 12.6 Å². The van der Waals surface area contributed by atoms with Gasteiger partial charge in [-0.2, -0.15) is 13.2 Å². The van der Waals surface area contributed by atoms with Crippen LogP contribution in [0.1, 0.15) is 32.1 Å². The number of alkyl halides is 3. The molecule has 3 atom stereocenters. The first-order valence-corrected chi connectivity index (χ1v) is 8.10. The van der Waals surface area contributed by atoms with E-state index in [1.807, 2.05) is 0 Å². The number of aliphatic carboxylic acids is 1. The molecule has 4 fully saturated rings. The Morgan fingerprint density at radius 3 is 2.17 bits per heavy atom. The maximum atomic E-state index is 13.0. The van der Waals surface area contributed by atoms with Crippen molar-refractivity contribution >= 4 is 12.0 Å². The second-order valence-corrected chi connectivity index (χ2v) is 7.07. The molecular formula is C15H21F3N2O3. The van der Waals surface area contributed by atoms with Crippen molar-refractivity contribution in [3.8, 4) is 0 Å². The normalized spacial score (nSPS) is 37.0. The van der Waals surface area contributed by atoms with Gasteiger partial charge < -0.3 is 15.3 Å². The standard InChI is InChI=1S/C15H21F3N2O3/c16-15(17,18)11-7-20(6-10(11)13(21)22)14(23)19-12-5-8-1-3-9(12)4-2-8/h8-12H,1-7H2,(H,19,23)(H,21,22)/t8?,9?,10-,11-,12?/m1/s1. The number of halogens is 3. The lowest BCUT2D eigenvalue weighted by Gasteiger charge is -2.43. The summed E-state index contributed by atoms with van der Waals surface area (Å²) in [5.74, 6) is -4.07. The number of carboxylic acids is 1. The summed E-state index contributed by atoms with van der Waals surface area (Å²) in [5.41, 5.74) is 0. The van der Waals surface area contributed by atoms with Crippen molar-refractivity contribution in [1.29, 1.82) is 0 Å². The van der Waals surface area contributed by atoms with Crippen molar-refractivity contribution in [1.82, 2.24) is 10.2 Å². The fourth-order valence-corrected chi connectivity index (χ4v) is 4.36. The number of carbonyl (C=O) groups is 2. The van der Waals surface area contributed by atoms with Crippen LogP contribution in [0.4, 0.5) is 18.0 Å². The van der Waals surface area contributed by atoms with Crippen molar-refractivity contribution in [3.63, 3.8) is 0 Å². The van der Waals surface area contributed by atoms with E-state index in [1.54, 1.807) is 0 Å². The zero-order valence-electron chi connectivity index (χ0n) is 12.7. The fraction of sp³-hybridized carbons (Fsp3) is 0.867. The molecule has 2 bridgehead atoms. The van der Waals surface area contributed by atoms with Crippen LogP contribution in [0.15, 0.2) is 0 Å². The molecule has 4 rings (SSSR count). The second-order valence-electron chi connectivity index (χ2n) is 7.07. The van der Waals surface area contributed by atoms with E-state index in [4.69, 9.17) is 5.11 Å². The summed E-state index contributed by atoms with van der Waals surface area (Å²) in [4.78, 5) is 24.4. The van der Waals surface area contributed by atoms with E-state index in [1.165, 1.54) is 0 Å². The van der Waals surface area contributed by atoms with Crippen molar-refractivity contribution < 1.29 is 27.9 Å². The van der Waals surface area contributed by atoms with Crippen LogP contribution in [0.3, 0.4) is 0 Å². The number of likely N-dealkylation sites (tertiary alicyclic amines) is 1. The van der Waals surface area contributed by atoms with Gasteiger partial charge in [-0.05, 0) is 31.1 Å². The van der Waals surface area contributed by atoms with Crippen LogP contribution in [-0.4, -0.2) is 47.3 Å². The third kappa shape index (κ3) is 3.26. The molecule has 0 aromatic carbocycles. The minimum atomic E-state index is -4.61. The molecule has 0 radical (unpaired) electrons. The fourth-order valence-electron chi connectivity index (χ4n) is 4.36. The average Bonchev–Trinajstić information content (AvgIpc) is 2.94. The lowest BCUT2D eigenvalue weighted by Crippen LogP contribution is -2.51. The lowest BCUT2D eigenvalue weighted by molar-refractivity contribution is -0.187. The van der Waals surface area contributed by atoms with E-state index in [9.17, 15) is 22.8 Å². The molecule has 5 nitrogen and oxygen atoms in total. The third-order valence-corrected chi connectivity index (χ3v) is 5.70. The molecular weight excluding hydrogens is 313 g/mol. The summed E-state index contributed by atoms with van der Waals surface area (Å²) < 4.78 is 38.9. The highest BCUT2D eigenvalue weighted by Gasteiger charge is 2.53. The monoisotopic (exact) mass is 334 g/mol. The van der Waals surface area contributed by atoms with Gasteiger partial charge in [-0.25, -0.2) is 4.79 Å². The van der Waals surface area contributed by atoms with Crippen molar-refractivity contribution in [3.05, 3.63) is 0 Å². The van der Waals surface area contributed by atoms with Gasteiger partial charge in [0.15, 0.2) is 0 Å². The Balaban J connectivity index is 1.63. The van der Waals surface area contributed by atoms with Gasteiger partial charge in [0.1, 0.15) is 0 Å². The van der Waals surface area contributed by atoms with E-state index in [0.717, 1.165) is 37.0 Å². The Hall–Kier alpha value is -1.47. The highest BCUT2D eigenvalue weighted by Crippen LogP contribution is 2.42. The van der Waals surface area contributed by atoms with Crippen molar-refractivity contribution in [2.45, 2.75) is 44.3 Å². The first-order chi connectivity index (χ1) is 10.8. The number of nitrogens with zero attached hydrogens (tertiary/aromatic N) is 1. The smallest absolute Gasteiger partial charge is 0.394 e. The van der Waals surface area contributed by atoms with Gasteiger partial charge in [-0.1, -0.05) is 12.8 Å². The zero-order valence-corrected chi connectivity index (χ0v) is 12.7. The number of hydrogen-bond acceptors (Lipinski definition) is 2. The highest BCUT2D eigenvalue weighted by molar-refractivity contribution is 5.78. The molecule has 23 heavy (non-hydrogen) atoms. The lowest BCUT2D eigenvalue weighted by atomic mass is 9.68. The van der Waals surface area contributed by atoms with Crippen LogP contribution in [-0.2, 0) is 4.79 Å².